The Morgan fingerprint density at radius 3 is 2.53 bits per heavy atom. The van der Waals surface area contributed by atoms with Gasteiger partial charge in [0.1, 0.15) is 10.6 Å². The van der Waals surface area contributed by atoms with Crippen molar-refractivity contribution in [3.8, 4) is 5.75 Å². The van der Waals surface area contributed by atoms with Crippen molar-refractivity contribution in [2.24, 2.45) is 11.8 Å². The number of hydrogen-bond donors (Lipinski definition) is 2. The molecule has 0 radical (unpaired) electrons. The summed E-state index contributed by atoms with van der Waals surface area (Å²) >= 11 is 5.98. The van der Waals surface area contributed by atoms with E-state index in [-0.39, 0.29) is 55.8 Å². The van der Waals surface area contributed by atoms with Gasteiger partial charge < -0.3 is 9.84 Å². The first-order valence-electron chi connectivity index (χ1n) is 11.8. The smallest absolute Gasteiger partial charge is 0.214 e. The normalized spacial score (nSPS) is 31.0. The molecule has 0 aromatic heterocycles. The summed E-state index contributed by atoms with van der Waals surface area (Å²) in [5.41, 5.74) is -0.340. The van der Waals surface area contributed by atoms with Crippen LogP contribution in [0.3, 0.4) is 0 Å². The third-order valence-corrected chi connectivity index (χ3v) is 12.7. The number of fused-ring (bicyclic) bond motifs is 5. The Hall–Kier alpha value is -1.79. The van der Waals surface area contributed by atoms with Gasteiger partial charge in [-0.1, -0.05) is 11.6 Å². The van der Waals surface area contributed by atoms with Crippen LogP contribution in [0.1, 0.15) is 37.7 Å². The summed E-state index contributed by atoms with van der Waals surface area (Å²) in [7, 11) is -8.02. The van der Waals surface area contributed by atoms with Gasteiger partial charge in [-0.15, -0.1) is 0 Å². The van der Waals surface area contributed by atoms with Crippen LogP contribution in [0.25, 0.3) is 0 Å². The molecule has 0 unspecified atom stereocenters. The summed E-state index contributed by atoms with van der Waals surface area (Å²) in [5, 5.41) is 8.72. The van der Waals surface area contributed by atoms with Crippen molar-refractivity contribution in [2.75, 3.05) is 13.2 Å². The molecule has 2 fully saturated rings. The van der Waals surface area contributed by atoms with Gasteiger partial charge >= 0.3 is 0 Å². The molecule has 0 amide bonds. The van der Waals surface area contributed by atoms with Crippen LogP contribution in [0.5, 0.6) is 5.75 Å². The molecule has 0 bridgehead atoms. The minimum absolute atomic E-state index is 0.0833. The number of aliphatic hydroxyl groups excluding tert-OH is 1. The number of halogens is 3. The molecule has 1 saturated heterocycles. The van der Waals surface area contributed by atoms with Crippen LogP contribution < -0.4 is 9.46 Å². The Balaban J connectivity index is 1.70. The molecular formula is C24H26ClF2NO6S2. The second-order valence-electron chi connectivity index (χ2n) is 9.69. The summed E-state index contributed by atoms with van der Waals surface area (Å²) < 4.78 is 91.3. The van der Waals surface area contributed by atoms with Crippen LogP contribution in [-0.4, -0.2) is 46.4 Å². The number of sulfonamides is 1. The zero-order chi connectivity index (χ0) is 25.9. The Morgan fingerprint density at radius 1 is 1.14 bits per heavy atom. The quantitative estimate of drug-likeness (QED) is 0.578. The topological polar surface area (TPSA) is 110 Å². The monoisotopic (exact) mass is 561 g/mol. The number of nitrogens with one attached hydrogen (secondary N) is 1. The number of sulfone groups is 1. The Kier molecular flexibility index (Phi) is 6.60. The molecule has 2 aromatic carbocycles. The summed E-state index contributed by atoms with van der Waals surface area (Å²) in [6.45, 7) is -0.394. The fourth-order valence-corrected chi connectivity index (χ4v) is 10.7. The third-order valence-electron chi connectivity index (χ3n) is 7.93. The predicted molar refractivity (Wildman–Crippen MR) is 129 cm³/mol. The molecule has 0 spiro atoms. The highest BCUT2D eigenvalue weighted by molar-refractivity contribution is 7.92. The number of rotatable bonds is 5. The molecule has 2 heterocycles. The molecule has 196 valence electrons. The second-order valence-corrected chi connectivity index (χ2v) is 14.3. The van der Waals surface area contributed by atoms with E-state index in [2.05, 4.69) is 4.72 Å². The fraction of sp³-hybridized carbons (Fsp3) is 0.500. The Bertz CT molecular complexity index is 1390. The molecule has 36 heavy (non-hydrogen) atoms. The molecule has 2 aliphatic heterocycles. The number of hydrogen-bond acceptors (Lipinski definition) is 6. The van der Waals surface area contributed by atoms with Gasteiger partial charge in [-0.25, -0.2) is 30.3 Å². The van der Waals surface area contributed by atoms with Crippen molar-refractivity contribution in [1.29, 1.82) is 0 Å². The lowest BCUT2D eigenvalue weighted by atomic mass is 9.64. The lowest BCUT2D eigenvalue weighted by molar-refractivity contribution is 0.0486. The van der Waals surface area contributed by atoms with Crippen molar-refractivity contribution in [1.82, 2.24) is 4.72 Å². The van der Waals surface area contributed by atoms with E-state index in [0.717, 1.165) is 12.1 Å². The molecule has 7 nitrogen and oxygen atoms in total. The van der Waals surface area contributed by atoms with Crippen molar-refractivity contribution in [3.05, 3.63) is 58.6 Å². The van der Waals surface area contributed by atoms with Crippen LogP contribution >= 0.6 is 11.6 Å². The summed E-state index contributed by atoms with van der Waals surface area (Å²) in [5.74, 6) is -3.53. The highest BCUT2D eigenvalue weighted by atomic mass is 35.5. The molecule has 3 aliphatic rings. The maximum Gasteiger partial charge on any atom is 0.214 e. The molecule has 5 atom stereocenters. The molecule has 2 N–H and O–H groups in total. The Morgan fingerprint density at radius 2 is 1.83 bits per heavy atom. The van der Waals surface area contributed by atoms with Gasteiger partial charge in [-0.05, 0) is 74.4 Å². The summed E-state index contributed by atoms with van der Waals surface area (Å²) in [6.07, 6.45) is 0.581. The van der Waals surface area contributed by atoms with E-state index in [0.29, 0.717) is 5.02 Å². The standard InChI is InChI=1S/C24H26ClF2NO6S2/c25-14-3-5-15(6-4-14)35(30,31)24-10-9-21-17(12-16(2-1-11-29)36(32,33)28-21)18(24)13-34-23-20(27)8-7-19(26)22(23)24/h3-8,16-18,21,28-29H,1-2,9-13H2/t16-,17+,18+,21-,24+/m1/s1. The number of aliphatic hydroxyl groups is 1. The predicted octanol–water partition coefficient (Wildman–Crippen LogP) is 3.54. The molecule has 1 aliphatic carbocycles. The first-order chi connectivity index (χ1) is 17.0. The van der Waals surface area contributed by atoms with E-state index in [9.17, 15) is 26.3 Å². The minimum atomic E-state index is -4.33. The third kappa shape index (κ3) is 3.86. The van der Waals surface area contributed by atoms with Gasteiger partial charge in [0.25, 0.3) is 0 Å². The van der Waals surface area contributed by atoms with Gasteiger partial charge in [0.15, 0.2) is 21.4 Å². The van der Waals surface area contributed by atoms with Crippen molar-refractivity contribution in [2.45, 2.75) is 53.0 Å². The maximum absolute atomic E-state index is 15.5. The molecule has 12 heteroatoms. The Labute approximate surface area is 213 Å². The van der Waals surface area contributed by atoms with E-state index in [1.807, 2.05) is 0 Å². The van der Waals surface area contributed by atoms with Gasteiger partial charge in [0, 0.05) is 23.6 Å². The van der Waals surface area contributed by atoms with E-state index in [4.69, 9.17) is 16.3 Å². The number of benzene rings is 2. The van der Waals surface area contributed by atoms with Gasteiger partial charge in [-0.3, -0.25) is 0 Å². The highest BCUT2D eigenvalue weighted by Gasteiger charge is 2.64. The van der Waals surface area contributed by atoms with Gasteiger partial charge in [-0.2, -0.15) is 0 Å². The van der Waals surface area contributed by atoms with Crippen molar-refractivity contribution in [3.63, 3.8) is 0 Å². The van der Waals surface area contributed by atoms with Gasteiger partial charge in [0.2, 0.25) is 10.0 Å². The molecule has 5 rings (SSSR count). The summed E-state index contributed by atoms with van der Waals surface area (Å²) in [4.78, 5) is -0.0833. The average molecular weight is 562 g/mol. The summed E-state index contributed by atoms with van der Waals surface area (Å²) in [6, 6.07) is 6.77. The maximum atomic E-state index is 15.5. The van der Waals surface area contributed by atoms with Crippen LogP contribution in [0.4, 0.5) is 8.78 Å². The first-order valence-corrected chi connectivity index (χ1v) is 15.2. The second kappa shape index (κ2) is 9.20. The van der Waals surface area contributed by atoms with E-state index < -0.39 is 65.1 Å². The van der Waals surface area contributed by atoms with Crippen LogP contribution in [0.15, 0.2) is 41.3 Å². The van der Waals surface area contributed by atoms with Crippen LogP contribution in [-0.2, 0) is 24.6 Å². The fourth-order valence-electron chi connectivity index (χ4n) is 6.30. The molecular weight excluding hydrogens is 536 g/mol. The lowest BCUT2D eigenvalue weighted by Gasteiger charge is -2.54. The minimum Gasteiger partial charge on any atom is -0.490 e. The SMILES string of the molecule is O=S1(=O)N[C@@H]2CC[C@@]3(S(=O)(=O)c4ccc(Cl)cc4)c4c(F)ccc(F)c4OC[C@H]3[C@@H]2C[C@H]1CCCO. The van der Waals surface area contributed by atoms with E-state index >= 15 is 4.39 Å². The lowest BCUT2D eigenvalue weighted by Crippen LogP contribution is -2.63. The largest absolute Gasteiger partial charge is 0.490 e. The van der Waals surface area contributed by atoms with Crippen molar-refractivity contribution >= 4 is 31.5 Å². The zero-order valence-corrected chi connectivity index (χ0v) is 21.6. The molecule has 1 saturated carbocycles. The number of ether oxygens (including phenoxy) is 1. The van der Waals surface area contributed by atoms with Crippen molar-refractivity contribution < 1.29 is 35.5 Å². The van der Waals surface area contributed by atoms with Crippen LogP contribution in [0, 0.1) is 23.5 Å². The molecule has 2 aromatic rings. The highest BCUT2D eigenvalue weighted by Crippen LogP contribution is 2.59. The first kappa shape index (κ1) is 25.8. The van der Waals surface area contributed by atoms with Gasteiger partial charge in [0.05, 0.1) is 22.3 Å². The van der Waals surface area contributed by atoms with E-state index in [1.54, 1.807) is 0 Å². The average Bonchev–Trinajstić information content (AvgIpc) is 2.84. The van der Waals surface area contributed by atoms with E-state index in [1.165, 1.54) is 24.3 Å². The van der Waals surface area contributed by atoms with Crippen LogP contribution in [0.2, 0.25) is 5.02 Å². The zero-order valence-electron chi connectivity index (χ0n) is 19.2.